The van der Waals surface area contributed by atoms with Crippen molar-refractivity contribution in [2.75, 3.05) is 5.32 Å². The van der Waals surface area contributed by atoms with Gasteiger partial charge in [0.25, 0.3) is 0 Å². The van der Waals surface area contributed by atoms with Gasteiger partial charge in [0.1, 0.15) is 0 Å². The van der Waals surface area contributed by atoms with Crippen molar-refractivity contribution in [3.63, 3.8) is 0 Å². The van der Waals surface area contributed by atoms with Crippen LogP contribution < -0.4 is 11.1 Å². The van der Waals surface area contributed by atoms with Crippen LogP contribution in [0.3, 0.4) is 0 Å². The van der Waals surface area contributed by atoms with Crippen molar-refractivity contribution >= 4 is 11.6 Å². The van der Waals surface area contributed by atoms with Crippen LogP contribution in [0.2, 0.25) is 0 Å². The summed E-state index contributed by atoms with van der Waals surface area (Å²) in [5.41, 5.74) is 7.73. The zero-order chi connectivity index (χ0) is 14.7. The molecule has 5 heteroatoms. The maximum atomic E-state index is 13.2. The van der Waals surface area contributed by atoms with E-state index in [1.807, 2.05) is 6.92 Å². The number of phenolic OH excluding ortho intramolecular Hbond substituents is 1. The molecule has 4 nitrogen and oxygen atoms in total. The number of hydrogen-bond donors (Lipinski definition) is 3. The Morgan fingerprint density at radius 2 is 2.10 bits per heavy atom. The Labute approximate surface area is 116 Å². The summed E-state index contributed by atoms with van der Waals surface area (Å²) in [4.78, 5) is 11.1. The quantitative estimate of drug-likeness (QED) is 0.802. The first-order valence-electron chi connectivity index (χ1n) is 6.09. The number of anilines is 1. The van der Waals surface area contributed by atoms with Gasteiger partial charge in [0.15, 0.2) is 11.6 Å². The Morgan fingerprint density at radius 1 is 1.35 bits per heavy atom. The molecule has 2 aromatic rings. The lowest BCUT2D eigenvalue weighted by molar-refractivity contribution is 0.1000. The molecule has 2 aromatic carbocycles. The Hall–Kier alpha value is -2.56. The molecular weight excluding hydrogens is 259 g/mol. The molecule has 0 radical (unpaired) electrons. The number of para-hydroxylation sites is 1. The Balaban J connectivity index is 2.15. The molecule has 0 aliphatic rings. The lowest BCUT2D eigenvalue weighted by atomic mass is 10.1. The number of nitrogens with two attached hydrogens (primary N) is 1. The third-order valence-electron chi connectivity index (χ3n) is 3.05. The van der Waals surface area contributed by atoms with E-state index in [0.717, 1.165) is 11.3 Å². The predicted molar refractivity (Wildman–Crippen MR) is 75.1 cm³/mol. The highest BCUT2D eigenvalue weighted by atomic mass is 19.1. The predicted octanol–water partition coefficient (Wildman–Crippen LogP) is 2.55. The van der Waals surface area contributed by atoms with Gasteiger partial charge in [-0.15, -0.1) is 0 Å². The second-order valence-electron chi connectivity index (χ2n) is 4.50. The van der Waals surface area contributed by atoms with Crippen molar-refractivity contribution in [3.05, 3.63) is 58.9 Å². The minimum atomic E-state index is -0.648. The number of primary amides is 1. The van der Waals surface area contributed by atoms with Crippen LogP contribution in [0.5, 0.6) is 5.75 Å². The van der Waals surface area contributed by atoms with Crippen molar-refractivity contribution in [1.29, 1.82) is 0 Å². The molecule has 0 aliphatic carbocycles. The summed E-state index contributed by atoms with van der Waals surface area (Å²) >= 11 is 0. The van der Waals surface area contributed by atoms with Gasteiger partial charge in [-0.05, 0) is 36.8 Å². The fourth-order valence-corrected chi connectivity index (χ4v) is 1.91. The van der Waals surface area contributed by atoms with Crippen LogP contribution in [0.4, 0.5) is 10.1 Å². The maximum absolute atomic E-state index is 13.2. The number of nitrogens with one attached hydrogen (secondary N) is 1. The molecule has 1 amide bonds. The summed E-state index contributed by atoms with van der Waals surface area (Å²) in [5, 5.41) is 12.7. The third-order valence-corrected chi connectivity index (χ3v) is 3.05. The van der Waals surface area contributed by atoms with E-state index in [1.165, 1.54) is 12.1 Å². The summed E-state index contributed by atoms with van der Waals surface area (Å²) in [5.74, 6) is -1.49. The fraction of sp³-hybridized carbons (Fsp3) is 0.133. The molecule has 2 rings (SSSR count). The largest absolute Gasteiger partial charge is 0.505 e. The second-order valence-corrected chi connectivity index (χ2v) is 4.50. The highest BCUT2D eigenvalue weighted by molar-refractivity contribution is 5.93. The molecule has 0 aliphatic heterocycles. The van der Waals surface area contributed by atoms with E-state index in [2.05, 4.69) is 5.32 Å². The molecule has 0 bridgehead atoms. The first kappa shape index (κ1) is 13.9. The normalized spacial score (nSPS) is 10.3. The monoisotopic (exact) mass is 274 g/mol. The van der Waals surface area contributed by atoms with E-state index < -0.39 is 11.7 Å². The minimum absolute atomic E-state index is 0.278. The van der Waals surface area contributed by atoms with Gasteiger partial charge in [-0.3, -0.25) is 4.79 Å². The van der Waals surface area contributed by atoms with Crippen LogP contribution in [0, 0.1) is 12.7 Å². The van der Waals surface area contributed by atoms with E-state index in [1.54, 1.807) is 24.3 Å². The Kier molecular flexibility index (Phi) is 3.89. The standard InChI is InChI=1S/C15H15FN2O2/c1-9-7-10(15(17)20)5-6-13(9)18-8-11-3-2-4-12(16)14(11)19/h2-7,18-19H,8H2,1H3,(H2,17,20). The molecule has 0 fully saturated rings. The number of carbonyl (C=O) groups excluding carboxylic acids is 1. The third kappa shape index (κ3) is 2.88. The number of amides is 1. The van der Waals surface area contributed by atoms with Gasteiger partial charge in [-0.1, -0.05) is 12.1 Å². The van der Waals surface area contributed by atoms with Crippen LogP contribution in [0.15, 0.2) is 36.4 Å². The molecule has 0 aromatic heterocycles. The summed E-state index contributed by atoms with van der Waals surface area (Å²) in [6.45, 7) is 2.11. The number of aromatic hydroxyl groups is 1. The van der Waals surface area contributed by atoms with Gasteiger partial charge in [0.2, 0.25) is 5.91 Å². The topological polar surface area (TPSA) is 75.4 Å². The Bertz CT molecular complexity index is 656. The SMILES string of the molecule is Cc1cc(C(N)=O)ccc1NCc1cccc(F)c1O. The van der Waals surface area contributed by atoms with Gasteiger partial charge in [0.05, 0.1) is 0 Å². The number of carbonyl (C=O) groups is 1. The molecule has 0 heterocycles. The number of halogens is 1. The Morgan fingerprint density at radius 3 is 2.75 bits per heavy atom. The molecular formula is C15H15FN2O2. The number of hydrogen-bond acceptors (Lipinski definition) is 3. The summed E-state index contributed by atoms with van der Waals surface area (Å²) < 4.78 is 13.2. The van der Waals surface area contributed by atoms with Crippen molar-refractivity contribution in [1.82, 2.24) is 0 Å². The van der Waals surface area contributed by atoms with Crippen LogP contribution in [0.25, 0.3) is 0 Å². The number of benzene rings is 2. The zero-order valence-corrected chi connectivity index (χ0v) is 11.0. The summed E-state index contributed by atoms with van der Waals surface area (Å²) in [6.07, 6.45) is 0. The molecule has 0 saturated heterocycles. The van der Waals surface area contributed by atoms with Gasteiger partial charge in [0, 0.05) is 23.4 Å². The molecule has 0 atom stereocenters. The van der Waals surface area contributed by atoms with E-state index in [9.17, 15) is 14.3 Å². The number of phenols is 1. The van der Waals surface area contributed by atoms with Gasteiger partial charge in [-0.2, -0.15) is 0 Å². The fourth-order valence-electron chi connectivity index (χ4n) is 1.91. The van der Waals surface area contributed by atoms with Crippen molar-refractivity contribution in [2.24, 2.45) is 5.73 Å². The van der Waals surface area contributed by atoms with Crippen LogP contribution in [-0.4, -0.2) is 11.0 Å². The van der Waals surface area contributed by atoms with Crippen LogP contribution >= 0.6 is 0 Å². The summed E-state index contributed by atoms with van der Waals surface area (Å²) in [6, 6.07) is 9.39. The van der Waals surface area contributed by atoms with Crippen LogP contribution in [0.1, 0.15) is 21.5 Å². The number of rotatable bonds is 4. The van der Waals surface area contributed by atoms with Gasteiger partial charge in [-0.25, -0.2) is 4.39 Å². The lowest BCUT2D eigenvalue weighted by Gasteiger charge is -2.11. The van der Waals surface area contributed by atoms with E-state index in [4.69, 9.17) is 5.73 Å². The van der Waals surface area contributed by atoms with E-state index >= 15 is 0 Å². The number of aryl methyl sites for hydroxylation is 1. The molecule has 20 heavy (non-hydrogen) atoms. The van der Waals surface area contributed by atoms with Gasteiger partial charge >= 0.3 is 0 Å². The molecule has 104 valence electrons. The molecule has 4 N–H and O–H groups in total. The average molecular weight is 274 g/mol. The average Bonchev–Trinajstić information content (AvgIpc) is 2.41. The maximum Gasteiger partial charge on any atom is 0.248 e. The van der Waals surface area contributed by atoms with Crippen LogP contribution in [-0.2, 0) is 6.54 Å². The first-order valence-corrected chi connectivity index (χ1v) is 6.09. The van der Waals surface area contributed by atoms with E-state index in [-0.39, 0.29) is 12.3 Å². The lowest BCUT2D eigenvalue weighted by Crippen LogP contribution is -2.11. The smallest absolute Gasteiger partial charge is 0.248 e. The first-order chi connectivity index (χ1) is 9.49. The van der Waals surface area contributed by atoms with Crippen molar-refractivity contribution in [2.45, 2.75) is 13.5 Å². The minimum Gasteiger partial charge on any atom is -0.505 e. The van der Waals surface area contributed by atoms with E-state index in [0.29, 0.717) is 11.1 Å². The van der Waals surface area contributed by atoms with Crippen molar-refractivity contribution < 1.29 is 14.3 Å². The molecule has 0 spiro atoms. The summed E-state index contributed by atoms with van der Waals surface area (Å²) in [7, 11) is 0. The molecule has 0 saturated carbocycles. The highest BCUT2D eigenvalue weighted by Gasteiger charge is 2.08. The van der Waals surface area contributed by atoms with Crippen molar-refractivity contribution in [3.8, 4) is 5.75 Å². The second kappa shape index (κ2) is 5.61. The van der Waals surface area contributed by atoms with Gasteiger partial charge < -0.3 is 16.2 Å². The zero-order valence-electron chi connectivity index (χ0n) is 11.0. The highest BCUT2D eigenvalue weighted by Crippen LogP contribution is 2.23. The molecule has 0 unspecified atom stereocenters.